The Hall–Kier alpha value is -1.74. The summed E-state index contributed by atoms with van der Waals surface area (Å²) in [5.41, 5.74) is -2.77. The second kappa shape index (κ2) is 11.3. The van der Waals surface area contributed by atoms with Gasteiger partial charge in [-0.2, -0.15) is 0 Å². The fraction of sp³-hybridized carbons (Fsp3) is 0.400. The molecule has 2 N–H and O–H groups in total. The van der Waals surface area contributed by atoms with E-state index in [-0.39, 0.29) is 22.3 Å². The SMILES string of the molecule is C=C(C)C(=O)C(C(=O)C(=C)C)C(O)SSC(O)C(C(=O)C(=C)C)C(=O)C(=C)C. The Kier molecular flexibility index (Phi) is 10.6. The molecule has 8 heteroatoms. The number of allylic oxidation sites excluding steroid dienone is 4. The molecule has 0 heterocycles. The number of Topliss-reactive ketones (excluding diaryl/α,β-unsaturated/α-hetero) is 4. The van der Waals surface area contributed by atoms with Gasteiger partial charge in [-0.1, -0.05) is 47.9 Å². The molecule has 2 atom stereocenters. The molecule has 0 saturated carbocycles. The van der Waals surface area contributed by atoms with E-state index in [1.807, 2.05) is 0 Å². The lowest BCUT2D eigenvalue weighted by Crippen LogP contribution is -2.36. The van der Waals surface area contributed by atoms with Crippen LogP contribution in [0.1, 0.15) is 27.7 Å². The predicted octanol–water partition coefficient (Wildman–Crippen LogP) is 2.82. The summed E-state index contributed by atoms with van der Waals surface area (Å²) in [5.74, 6) is -5.53. The fourth-order valence-corrected chi connectivity index (χ4v) is 4.34. The molecule has 0 aliphatic heterocycles. The zero-order chi connectivity index (χ0) is 22.3. The highest BCUT2D eigenvalue weighted by Crippen LogP contribution is 2.38. The maximum Gasteiger partial charge on any atom is 0.172 e. The molecular weight excluding hydrogens is 400 g/mol. The first-order valence-corrected chi connectivity index (χ1v) is 10.5. The van der Waals surface area contributed by atoms with Gasteiger partial charge in [-0.15, -0.1) is 0 Å². The Bertz CT molecular complexity index is 623. The van der Waals surface area contributed by atoms with Crippen LogP contribution in [0.5, 0.6) is 0 Å². The van der Waals surface area contributed by atoms with Gasteiger partial charge in [0.1, 0.15) is 22.7 Å². The van der Waals surface area contributed by atoms with Crippen molar-refractivity contribution in [1.82, 2.24) is 0 Å². The van der Waals surface area contributed by atoms with E-state index in [0.29, 0.717) is 21.6 Å². The minimum Gasteiger partial charge on any atom is -0.380 e. The standard InChI is InChI=1S/C20H26O6S2/c1-9(2)15(21)13(16(22)10(3)4)19(25)27-28-20(26)14(17(23)11(5)6)18(24)12(7)8/h13-14,19-20,25-26H,1,3,5,7H2,2,4,6,8H3. The lowest BCUT2D eigenvalue weighted by Gasteiger charge is -2.24. The summed E-state index contributed by atoms with van der Waals surface area (Å²) in [6.45, 7) is 19.6. The van der Waals surface area contributed by atoms with Crippen LogP contribution in [-0.4, -0.2) is 44.2 Å². The number of aliphatic hydroxyl groups is 2. The molecule has 6 nitrogen and oxygen atoms in total. The van der Waals surface area contributed by atoms with Crippen molar-refractivity contribution >= 4 is 44.7 Å². The lowest BCUT2D eigenvalue weighted by atomic mass is 9.92. The van der Waals surface area contributed by atoms with Crippen molar-refractivity contribution in [2.45, 2.75) is 38.6 Å². The molecule has 0 aromatic rings. The van der Waals surface area contributed by atoms with Crippen LogP contribution >= 0.6 is 21.6 Å². The van der Waals surface area contributed by atoms with Gasteiger partial charge in [0.05, 0.1) is 0 Å². The van der Waals surface area contributed by atoms with Crippen LogP contribution in [-0.2, 0) is 19.2 Å². The van der Waals surface area contributed by atoms with Crippen LogP contribution in [0, 0.1) is 11.8 Å². The molecule has 0 saturated heterocycles. The topological polar surface area (TPSA) is 109 Å². The number of carbonyl (C=O) groups is 4. The molecule has 0 aliphatic rings. The van der Waals surface area contributed by atoms with Crippen LogP contribution in [0.15, 0.2) is 48.6 Å². The highest BCUT2D eigenvalue weighted by atomic mass is 33.1. The van der Waals surface area contributed by atoms with Crippen LogP contribution in [0.25, 0.3) is 0 Å². The summed E-state index contributed by atoms with van der Waals surface area (Å²) in [6.07, 6.45) is 0. The van der Waals surface area contributed by atoms with Crippen LogP contribution in [0.4, 0.5) is 0 Å². The normalized spacial score (nSPS) is 13.0. The third-order valence-electron chi connectivity index (χ3n) is 3.64. The third-order valence-corrected chi connectivity index (χ3v) is 6.20. The van der Waals surface area contributed by atoms with Gasteiger partial charge in [0.2, 0.25) is 0 Å². The molecule has 154 valence electrons. The van der Waals surface area contributed by atoms with Crippen molar-refractivity contribution in [3.8, 4) is 0 Å². The highest BCUT2D eigenvalue weighted by Gasteiger charge is 2.38. The largest absolute Gasteiger partial charge is 0.380 e. The van der Waals surface area contributed by atoms with Crippen molar-refractivity contribution in [2.75, 3.05) is 0 Å². The number of aliphatic hydroxyl groups excluding tert-OH is 2. The predicted molar refractivity (Wildman–Crippen MR) is 113 cm³/mol. The van der Waals surface area contributed by atoms with Crippen LogP contribution < -0.4 is 0 Å². The van der Waals surface area contributed by atoms with E-state index < -0.39 is 45.8 Å². The van der Waals surface area contributed by atoms with Gasteiger partial charge in [-0.05, 0) is 50.0 Å². The summed E-state index contributed by atoms with van der Waals surface area (Å²) in [6, 6.07) is 0. The van der Waals surface area contributed by atoms with Crippen LogP contribution in [0.2, 0.25) is 0 Å². The second-order valence-electron chi connectivity index (χ2n) is 6.51. The van der Waals surface area contributed by atoms with Crippen molar-refractivity contribution in [2.24, 2.45) is 11.8 Å². The molecule has 2 unspecified atom stereocenters. The number of carbonyl (C=O) groups excluding carboxylic acids is 4. The molecule has 0 rings (SSSR count). The van der Waals surface area contributed by atoms with Gasteiger partial charge in [0.15, 0.2) is 23.1 Å². The van der Waals surface area contributed by atoms with Crippen molar-refractivity contribution in [3.63, 3.8) is 0 Å². The molecule has 0 aromatic carbocycles. The smallest absolute Gasteiger partial charge is 0.172 e. The summed E-state index contributed by atoms with van der Waals surface area (Å²) in [7, 11) is 1.21. The maximum absolute atomic E-state index is 12.3. The van der Waals surface area contributed by atoms with Gasteiger partial charge in [-0.25, -0.2) is 0 Å². The Morgan fingerprint density at radius 2 is 0.750 bits per heavy atom. The zero-order valence-corrected chi connectivity index (χ0v) is 18.1. The summed E-state index contributed by atoms with van der Waals surface area (Å²) in [4.78, 5) is 49.1. The molecule has 28 heavy (non-hydrogen) atoms. The van der Waals surface area contributed by atoms with E-state index >= 15 is 0 Å². The highest BCUT2D eigenvalue weighted by molar-refractivity contribution is 8.77. The van der Waals surface area contributed by atoms with Gasteiger partial charge in [0, 0.05) is 0 Å². The lowest BCUT2D eigenvalue weighted by molar-refractivity contribution is -0.132. The molecular formula is C20H26O6S2. The average Bonchev–Trinajstić information content (AvgIpc) is 2.59. The third kappa shape index (κ3) is 7.01. The molecule has 0 bridgehead atoms. The number of hydrogen-bond acceptors (Lipinski definition) is 8. The Morgan fingerprint density at radius 1 is 0.571 bits per heavy atom. The van der Waals surface area contributed by atoms with Gasteiger partial charge in [0.25, 0.3) is 0 Å². The first-order chi connectivity index (χ1) is 12.7. The maximum atomic E-state index is 12.3. The van der Waals surface area contributed by atoms with E-state index in [0.717, 1.165) is 0 Å². The molecule has 0 aromatic heterocycles. The molecule has 0 radical (unpaired) electrons. The van der Waals surface area contributed by atoms with Crippen molar-refractivity contribution < 1.29 is 29.4 Å². The fourth-order valence-electron chi connectivity index (χ4n) is 2.04. The molecule has 0 spiro atoms. The molecule has 0 fully saturated rings. The van der Waals surface area contributed by atoms with Gasteiger partial charge >= 0.3 is 0 Å². The first-order valence-electron chi connectivity index (χ1n) is 8.21. The summed E-state index contributed by atoms with van der Waals surface area (Å²) >= 11 is 0. The zero-order valence-electron chi connectivity index (χ0n) is 16.5. The number of rotatable bonds is 13. The Morgan fingerprint density at radius 3 is 0.893 bits per heavy atom. The van der Waals surface area contributed by atoms with E-state index in [2.05, 4.69) is 26.3 Å². The van der Waals surface area contributed by atoms with Crippen molar-refractivity contribution in [3.05, 3.63) is 48.6 Å². The van der Waals surface area contributed by atoms with E-state index in [4.69, 9.17) is 0 Å². The summed E-state index contributed by atoms with van der Waals surface area (Å²) in [5, 5.41) is 20.8. The van der Waals surface area contributed by atoms with Gasteiger partial charge in [-0.3, -0.25) is 19.2 Å². The molecule has 0 aliphatic carbocycles. The monoisotopic (exact) mass is 426 g/mol. The number of ketones is 4. The Labute approximate surface area is 173 Å². The number of hydrogen-bond donors (Lipinski definition) is 2. The average molecular weight is 427 g/mol. The minimum absolute atomic E-state index is 0.0811. The van der Waals surface area contributed by atoms with E-state index in [1.165, 1.54) is 27.7 Å². The summed E-state index contributed by atoms with van der Waals surface area (Å²) < 4.78 is 0. The molecule has 0 amide bonds. The quantitative estimate of drug-likeness (QED) is 0.200. The minimum atomic E-state index is -1.55. The van der Waals surface area contributed by atoms with Crippen LogP contribution in [0.3, 0.4) is 0 Å². The van der Waals surface area contributed by atoms with Gasteiger partial charge < -0.3 is 10.2 Å². The first kappa shape index (κ1) is 26.3. The second-order valence-corrected chi connectivity index (χ2v) is 9.01. The Balaban J connectivity index is 5.52. The van der Waals surface area contributed by atoms with E-state index in [9.17, 15) is 29.4 Å². The van der Waals surface area contributed by atoms with E-state index in [1.54, 1.807) is 0 Å². The van der Waals surface area contributed by atoms with Crippen molar-refractivity contribution in [1.29, 1.82) is 0 Å².